The van der Waals surface area contributed by atoms with Crippen molar-refractivity contribution >= 4 is 11.9 Å². The molecule has 1 saturated heterocycles. The monoisotopic (exact) mass is 196 g/mol. The molecule has 0 bridgehead atoms. The molecular weight excluding hydrogens is 184 g/mol. The van der Waals surface area contributed by atoms with Crippen molar-refractivity contribution in [2.75, 3.05) is 13.7 Å². The van der Waals surface area contributed by atoms with Gasteiger partial charge in [0, 0.05) is 5.92 Å². The Balaban J connectivity index is 2.11. The summed E-state index contributed by atoms with van der Waals surface area (Å²) in [5.41, 5.74) is 0. The molecule has 2 aliphatic rings. The van der Waals surface area contributed by atoms with E-state index in [0.29, 0.717) is 13.0 Å². The second-order valence-electron chi connectivity index (χ2n) is 3.65. The Kier molecular flexibility index (Phi) is 2.27. The van der Waals surface area contributed by atoms with Crippen LogP contribution in [-0.4, -0.2) is 25.7 Å². The van der Waals surface area contributed by atoms with Gasteiger partial charge in [0.05, 0.1) is 25.6 Å². The van der Waals surface area contributed by atoms with Gasteiger partial charge in [-0.25, -0.2) is 0 Å². The molecule has 0 radical (unpaired) electrons. The molecule has 76 valence electrons. The van der Waals surface area contributed by atoms with E-state index in [1.165, 1.54) is 7.11 Å². The summed E-state index contributed by atoms with van der Waals surface area (Å²) in [5, 5.41) is 0. The fraction of sp³-hybridized carbons (Fsp3) is 0.600. The first-order chi connectivity index (χ1) is 6.72. The minimum absolute atomic E-state index is 0.149. The molecule has 0 amide bonds. The molecule has 0 aromatic carbocycles. The van der Waals surface area contributed by atoms with Gasteiger partial charge in [0.2, 0.25) is 0 Å². The van der Waals surface area contributed by atoms with Gasteiger partial charge in [0.15, 0.2) is 0 Å². The summed E-state index contributed by atoms with van der Waals surface area (Å²) < 4.78 is 9.55. The lowest BCUT2D eigenvalue weighted by Crippen LogP contribution is -2.26. The van der Waals surface area contributed by atoms with Crippen LogP contribution in [0.1, 0.15) is 6.42 Å². The maximum atomic E-state index is 11.3. The molecule has 4 nitrogen and oxygen atoms in total. The maximum absolute atomic E-state index is 11.3. The predicted octanol–water partition coefficient (Wildman–Crippen LogP) is 0.525. The van der Waals surface area contributed by atoms with E-state index in [4.69, 9.17) is 4.74 Å². The number of fused-ring (bicyclic) bond motifs is 1. The molecule has 1 aliphatic carbocycles. The first-order valence-electron chi connectivity index (χ1n) is 4.65. The van der Waals surface area contributed by atoms with Crippen molar-refractivity contribution in [3.8, 4) is 0 Å². The zero-order valence-corrected chi connectivity index (χ0v) is 7.93. The van der Waals surface area contributed by atoms with Gasteiger partial charge in [0.25, 0.3) is 0 Å². The Morgan fingerprint density at radius 1 is 1.57 bits per heavy atom. The zero-order chi connectivity index (χ0) is 10.1. The Bertz CT molecular complexity index is 294. The van der Waals surface area contributed by atoms with Crippen molar-refractivity contribution in [2.24, 2.45) is 17.8 Å². The average molecular weight is 196 g/mol. The summed E-state index contributed by atoms with van der Waals surface area (Å²) in [6.07, 6.45) is 4.22. The lowest BCUT2D eigenvalue weighted by atomic mass is 9.81. The fourth-order valence-corrected chi connectivity index (χ4v) is 1.99. The highest BCUT2D eigenvalue weighted by atomic mass is 16.5. The number of rotatable bonds is 1. The van der Waals surface area contributed by atoms with Crippen molar-refractivity contribution < 1.29 is 19.1 Å². The van der Waals surface area contributed by atoms with Crippen LogP contribution in [0.2, 0.25) is 0 Å². The smallest absolute Gasteiger partial charge is 0.312 e. The molecule has 14 heavy (non-hydrogen) atoms. The summed E-state index contributed by atoms with van der Waals surface area (Å²) in [6.45, 7) is 0.452. The van der Waals surface area contributed by atoms with Crippen LogP contribution in [0.25, 0.3) is 0 Å². The summed E-state index contributed by atoms with van der Waals surface area (Å²) in [6, 6.07) is 0. The maximum Gasteiger partial charge on any atom is 0.312 e. The first kappa shape index (κ1) is 9.24. The van der Waals surface area contributed by atoms with Crippen LogP contribution in [0, 0.1) is 17.8 Å². The molecule has 1 heterocycles. The SMILES string of the molecule is COC(=O)[C@@H]1C=C[C@@H]2COC(=O)[C@@H]2C1. The fourth-order valence-electron chi connectivity index (χ4n) is 1.99. The van der Waals surface area contributed by atoms with Crippen molar-refractivity contribution in [3.63, 3.8) is 0 Å². The lowest BCUT2D eigenvalue weighted by Gasteiger charge is -2.21. The minimum Gasteiger partial charge on any atom is -0.469 e. The second-order valence-corrected chi connectivity index (χ2v) is 3.65. The Labute approximate surface area is 81.9 Å². The highest BCUT2D eigenvalue weighted by molar-refractivity contribution is 5.79. The van der Waals surface area contributed by atoms with E-state index in [2.05, 4.69) is 4.74 Å². The molecule has 2 rings (SSSR count). The number of hydrogen-bond acceptors (Lipinski definition) is 4. The molecule has 0 N–H and O–H groups in total. The molecule has 4 heteroatoms. The van der Waals surface area contributed by atoms with E-state index in [1.54, 1.807) is 0 Å². The number of carbonyl (C=O) groups excluding carboxylic acids is 2. The lowest BCUT2D eigenvalue weighted by molar-refractivity contribution is -0.146. The first-order valence-corrected chi connectivity index (χ1v) is 4.65. The Hall–Kier alpha value is -1.32. The number of methoxy groups -OCH3 is 1. The molecule has 1 aliphatic heterocycles. The summed E-state index contributed by atoms with van der Waals surface area (Å²) in [7, 11) is 1.36. The van der Waals surface area contributed by atoms with Crippen LogP contribution in [0.4, 0.5) is 0 Å². The predicted molar refractivity (Wildman–Crippen MR) is 47.2 cm³/mol. The van der Waals surface area contributed by atoms with Crippen LogP contribution in [-0.2, 0) is 19.1 Å². The van der Waals surface area contributed by atoms with E-state index in [9.17, 15) is 9.59 Å². The van der Waals surface area contributed by atoms with Gasteiger partial charge in [-0.15, -0.1) is 0 Å². The van der Waals surface area contributed by atoms with Gasteiger partial charge in [-0.1, -0.05) is 12.2 Å². The molecule has 1 fully saturated rings. The normalized spacial score (nSPS) is 34.9. The van der Waals surface area contributed by atoms with Crippen LogP contribution in [0.15, 0.2) is 12.2 Å². The Morgan fingerprint density at radius 3 is 3.07 bits per heavy atom. The standard InChI is InChI=1S/C10H12O4/c1-13-9(11)6-2-3-7-5-14-10(12)8(7)4-6/h2-3,6-8H,4-5H2,1H3/t6-,7-,8-/m1/s1. The van der Waals surface area contributed by atoms with Crippen molar-refractivity contribution in [2.45, 2.75) is 6.42 Å². The summed E-state index contributed by atoms with van der Waals surface area (Å²) >= 11 is 0. The van der Waals surface area contributed by atoms with E-state index in [1.807, 2.05) is 12.2 Å². The summed E-state index contributed by atoms with van der Waals surface area (Å²) in [5.74, 6) is -0.743. The Morgan fingerprint density at radius 2 is 2.36 bits per heavy atom. The summed E-state index contributed by atoms with van der Waals surface area (Å²) in [4.78, 5) is 22.5. The van der Waals surface area contributed by atoms with Crippen molar-refractivity contribution in [1.29, 1.82) is 0 Å². The third-order valence-electron chi connectivity index (χ3n) is 2.84. The van der Waals surface area contributed by atoms with Crippen molar-refractivity contribution in [1.82, 2.24) is 0 Å². The number of hydrogen-bond donors (Lipinski definition) is 0. The highest BCUT2D eigenvalue weighted by Crippen LogP contribution is 2.34. The third-order valence-corrected chi connectivity index (χ3v) is 2.84. The highest BCUT2D eigenvalue weighted by Gasteiger charge is 2.40. The minimum atomic E-state index is -0.285. The van der Waals surface area contributed by atoms with Crippen LogP contribution >= 0.6 is 0 Å². The quantitative estimate of drug-likeness (QED) is 0.453. The molecule has 0 saturated carbocycles. The number of esters is 2. The number of cyclic esters (lactones) is 1. The molecule has 3 atom stereocenters. The molecular formula is C10H12O4. The second kappa shape index (κ2) is 3.44. The third kappa shape index (κ3) is 1.41. The van der Waals surface area contributed by atoms with Crippen molar-refractivity contribution in [3.05, 3.63) is 12.2 Å². The molecule has 0 aromatic rings. The van der Waals surface area contributed by atoms with Gasteiger partial charge in [-0.05, 0) is 6.42 Å². The zero-order valence-electron chi connectivity index (χ0n) is 7.93. The van der Waals surface area contributed by atoms with Gasteiger partial charge in [-0.3, -0.25) is 9.59 Å². The molecule has 0 unspecified atom stereocenters. The van der Waals surface area contributed by atoms with E-state index in [-0.39, 0.29) is 29.7 Å². The van der Waals surface area contributed by atoms with Crippen LogP contribution in [0.3, 0.4) is 0 Å². The van der Waals surface area contributed by atoms with Gasteiger partial charge >= 0.3 is 11.9 Å². The topological polar surface area (TPSA) is 52.6 Å². The van der Waals surface area contributed by atoms with E-state index >= 15 is 0 Å². The number of ether oxygens (including phenoxy) is 2. The van der Waals surface area contributed by atoms with E-state index < -0.39 is 0 Å². The van der Waals surface area contributed by atoms with Crippen LogP contribution in [0.5, 0.6) is 0 Å². The van der Waals surface area contributed by atoms with Gasteiger partial charge < -0.3 is 9.47 Å². The van der Waals surface area contributed by atoms with Crippen LogP contribution < -0.4 is 0 Å². The molecule has 0 spiro atoms. The van der Waals surface area contributed by atoms with E-state index in [0.717, 1.165) is 0 Å². The van der Waals surface area contributed by atoms with Gasteiger partial charge in [-0.2, -0.15) is 0 Å². The largest absolute Gasteiger partial charge is 0.469 e. The number of carbonyl (C=O) groups is 2. The average Bonchev–Trinajstić information content (AvgIpc) is 2.59. The molecule has 0 aromatic heterocycles. The van der Waals surface area contributed by atoms with Gasteiger partial charge in [0.1, 0.15) is 0 Å².